The average molecular weight is 484 g/mol. The van der Waals surface area contributed by atoms with Crippen molar-refractivity contribution in [3.8, 4) is 11.5 Å². The van der Waals surface area contributed by atoms with Gasteiger partial charge in [-0.1, -0.05) is 48.5 Å². The van der Waals surface area contributed by atoms with Crippen molar-refractivity contribution in [1.29, 1.82) is 0 Å². The summed E-state index contributed by atoms with van der Waals surface area (Å²) in [4.78, 5) is 28.2. The fraction of sp³-hybridized carbons (Fsp3) is 0.241. The van der Waals surface area contributed by atoms with E-state index in [1.54, 1.807) is 20.3 Å². The van der Waals surface area contributed by atoms with Crippen LogP contribution in [0, 0.1) is 0 Å². The average Bonchev–Trinajstić information content (AvgIpc) is 3.42. The number of carbonyl (C=O) groups excluding carboxylic acids is 2. The van der Waals surface area contributed by atoms with Gasteiger partial charge in [0.1, 0.15) is 17.2 Å². The van der Waals surface area contributed by atoms with Gasteiger partial charge < -0.3 is 24.3 Å². The Bertz CT molecular complexity index is 1430. The maximum absolute atomic E-state index is 13.3. The van der Waals surface area contributed by atoms with Gasteiger partial charge >= 0.3 is 0 Å². The van der Waals surface area contributed by atoms with E-state index in [1.807, 2.05) is 83.2 Å². The summed E-state index contributed by atoms with van der Waals surface area (Å²) in [5.74, 6) is 1.10. The van der Waals surface area contributed by atoms with Gasteiger partial charge in [-0.3, -0.25) is 9.59 Å². The molecule has 7 heteroatoms. The first-order valence-electron chi connectivity index (χ1n) is 11.9. The molecule has 0 radical (unpaired) electrons. The summed E-state index contributed by atoms with van der Waals surface area (Å²) in [5, 5.41) is 3.94. The van der Waals surface area contributed by atoms with E-state index in [0.29, 0.717) is 36.8 Å². The number of aromatic nitrogens is 1. The predicted molar refractivity (Wildman–Crippen MR) is 139 cm³/mol. The summed E-state index contributed by atoms with van der Waals surface area (Å²) in [6.07, 6.45) is 0. The van der Waals surface area contributed by atoms with Crippen LogP contribution in [0.3, 0.4) is 0 Å². The second-order valence-corrected chi connectivity index (χ2v) is 9.01. The van der Waals surface area contributed by atoms with Crippen LogP contribution in [0.5, 0.6) is 11.5 Å². The number of hydrogen-bond acceptors (Lipinski definition) is 4. The van der Waals surface area contributed by atoms with Crippen molar-refractivity contribution >= 4 is 22.7 Å². The van der Waals surface area contributed by atoms with Crippen LogP contribution in [0.1, 0.15) is 37.9 Å². The molecule has 2 amide bonds. The molecule has 1 unspecified atom stereocenters. The highest BCUT2D eigenvalue weighted by Gasteiger charge is 2.29. The van der Waals surface area contributed by atoms with Crippen LogP contribution in [0.4, 0.5) is 0 Å². The molecule has 0 fully saturated rings. The number of methoxy groups -OCH3 is 2. The number of rotatable bonds is 8. The van der Waals surface area contributed by atoms with Gasteiger partial charge in [-0.05, 0) is 23.3 Å². The molecule has 0 bridgehead atoms. The Morgan fingerprint density at radius 3 is 2.47 bits per heavy atom. The molecule has 0 aliphatic carbocycles. The highest BCUT2D eigenvalue weighted by atomic mass is 16.5. The predicted octanol–water partition coefficient (Wildman–Crippen LogP) is 4.37. The number of ether oxygens (including phenoxy) is 2. The first-order chi connectivity index (χ1) is 17.5. The van der Waals surface area contributed by atoms with Crippen LogP contribution in [-0.2, 0) is 13.6 Å². The third kappa shape index (κ3) is 4.28. The normalized spacial score (nSPS) is 13.5. The molecule has 0 saturated carbocycles. The van der Waals surface area contributed by atoms with Crippen molar-refractivity contribution in [1.82, 2.24) is 14.8 Å². The molecule has 7 nitrogen and oxygen atoms in total. The zero-order valence-corrected chi connectivity index (χ0v) is 20.7. The molecule has 1 N–H and O–H groups in total. The van der Waals surface area contributed by atoms with E-state index in [2.05, 4.69) is 5.32 Å². The Balaban J connectivity index is 1.37. The highest BCUT2D eigenvalue weighted by Crippen LogP contribution is 2.33. The smallest absolute Gasteiger partial charge is 0.267 e. The quantitative estimate of drug-likeness (QED) is 0.404. The molecule has 36 heavy (non-hydrogen) atoms. The molecule has 4 aromatic rings. The minimum absolute atomic E-state index is 0.0348. The maximum Gasteiger partial charge on any atom is 0.267 e. The van der Waals surface area contributed by atoms with E-state index in [1.165, 1.54) is 0 Å². The molecule has 1 atom stereocenters. The fourth-order valence-electron chi connectivity index (χ4n) is 4.93. The van der Waals surface area contributed by atoms with Crippen molar-refractivity contribution in [2.24, 2.45) is 7.05 Å². The van der Waals surface area contributed by atoms with Crippen molar-refractivity contribution in [3.05, 3.63) is 95.2 Å². The minimum Gasteiger partial charge on any atom is -0.497 e. The summed E-state index contributed by atoms with van der Waals surface area (Å²) in [7, 11) is 5.05. The second-order valence-electron chi connectivity index (χ2n) is 9.01. The Kier molecular flexibility index (Phi) is 6.38. The van der Waals surface area contributed by atoms with Gasteiger partial charge in [0, 0.05) is 55.7 Å². The standard InChI is InChI=1S/C29H29N3O4/c1-31-25-13-22(35-2)14-27(36-3)24(25)15-26(31)28(33)30-16-21(19-9-5-4-6-10-19)18-32-17-20-11-7-8-12-23(20)29(32)34/h4-15,21H,16-18H2,1-3H3,(H,30,33). The van der Waals surface area contributed by atoms with E-state index >= 15 is 0 Å². The molecule has 1 aliphatic rings. The molecular formula is C29H29N3O4. The lowest BCUT2D eigenvalue weighted by Crippen LogP contribution is -2.36. The van der Waals surface area contributed by atoms with Crippen LogP contribution in [0.25, 0.3) is 10.9 Å². The topological polar surface area (TPSA) is 72.8 Å². The lowest BCUT2D eigenvalue weighted by atomic mass is 9.98. The van der Waals surface area contributed by atoms with Crippen LogP contribution in [-0.4, -0.2) is 48.6 Å². The van der Waals surface area contributed by atoms with Crippen molar-refractivity contribution in [2.45, 2.75) is 12.5 Å². The van der Waals surface area contributed by atoms with Crippen molar-refractivity contribution in [3.63, 3.8) is 0 Å². The van der Waals surface area contributed by atoms with Gasteiger partial charge in [0.2, 0.25) is 0 Å². The number of aryl methyl sites for hydroxylation is 1. The van der Waals surface area contributed by atoms with Crippen LogP contribution in [0.15, 0.2) is 72.8 Å². The summed E-state index contributed by atoms with van der Waals surface area (Å²) in [6, 6.07) is 23.3. The number of benzene rings is 3. The van der Waals surface area contributed by atoms with Crippen molar-refractivity contribution < 1.29 is 19.1 Å². The Labute approximate surface area is 210 Å². The first kappa shape index (κ1) is 23.5. The van der Waals surface area contributed by atoms with Crippen LogP contribution < -0.4 is 14.8 Å². The fourth-order valence-corrected chi connectivity index (χ4v) is 4.93. The molecule has 0 saturated heterocycles. The van der Waals surface area contributed by atoms with Gasteiger partial charge in [-0.2, -0.15) is 0 Å². The lowest BCUT2D eigenvalue weighted by Gasteiger charge is -2.24. The van der Waals surface area contributed by atoms with Gasteiger partial charge in [-0.15, -0.1) is 0 Å². The van der Waals surface area contributed by atoms with Gasteiger partial charge in [0.05, 0.1) is 19.7 Å². The maximum atomic E-state index is 13.3. The molecule has 184 valence electrons. The molecule has 0 spiro atoms. The number of amides is 2. The number of carbonyl (C=O) groups is 2. The lowest BCUT2D eigenvalue weighted by molar-refractivity contribution is 0.0767. The van der Waals surface area contributed by atoms with Crippen LogP contribution >= 0.6 is 0 Å². The van der Waals surface area contributed by atoms with E-state index in [-0.39, 0.29) is 17.7 Å². The summed E-state index contributed by atoms with van der Waals surface area (Å²) in [5.41, 5.74) is 4.24. The number of nitrogens with zero attached hydrogens (tertiary/aromatic N) is 2. The molecule has 5 rings (SSSR count). The van der Waals surface area contributed by atoms with Crippen LogP contribution in [0.2, 0.25) is 0 Å². The minimum atomic E-state index is -0.188. The van der Waals surface area contributed by atoms with E-state index in [0.717, 1.165) is 27.6 Å². The van der Waals surface area contributed by atoms with E-state index in [9.17, 15) is 9.59 Å². The molecule has 1 aliphatic heterocycles. The van der Waals surface area contributed by atoms with E-state index < -0.39 is 0 Å². The molecule has 2 heterocycles. The van der Waals surface area contributed by atoms with Gasteiger partial charge in [0.15, 0.2) is 0 Å². The van der Waals surface area contributed by atoms with Gasteiger partial charge in [0.25, 0.3) is 11.8 Å². The Hall–Kier alpha value is -4.26. The summed E-state index contributed by atoms with van der Waals surface area (Å²) < 4.78 is 12.8. The largest absolute Gasteiger partial charge is 0.497 e. The summed E-state index contributed by atoms with van der Waals surface area (Å²) in [6.45, 7) is 1.49. The third-order valence-electron chi connectivity index (χ3n) is 6.90. The third-order valence-corrected chi connectivity index (χ3v) is 6.90. The second kappa shape index (κ2) is 9.77. The van der Waals surface area contributed by atoms with Gasteiger partial charge in [-0.25, -0.2) is 0 Å². The zero-order valence-electron chi connectivity index (χ0n) is 20.7. The Morgan fingerprint density at radius 1 is 1.00 bits per heavy atom. The Morgan fingerprint density at radius 2 is 1.75 bits per heavy atom. The monoisotopic (exact) mass is 483 g/mol. The molecular weight excluding hydrogens is 454 g/mol. The molecule has 3 aromatic carbocycles. The number of hydrogen-bond donors (Lipinski definition) is 1. The SMILES string of the molecule is COc1cc(OC)c2cc(C(=O)NCC(CN3Cc4ccccc4C3=O)c3ccccc3)n(C)c2c1. The first-order valence-corrected chi connectivity index (χ1v) is 11.9. The number of nitrogens with one attached hydrogen (secondary N) is 1. The van der Waals surface area contributed by atoms with E-state index in [4.69, 9.17) is 9.47 Å². The molecule has 1 aromatic heterocycles. The number of fused-ring (bicyclic) bond motifs is 2. The zero-order chi connectivity index (χ0) is 25.2. The highest BCUT2D eigenvalue weighted by molar-refractivity contribution is 6.01. The summed E-state index contributed by atoms with van der Waals surface area (Å²) >= 11 is 0. The van der Waals surface area contributed by atoms with Crippen molar-refractivity contribution in [2.75, 3.05) is 27.3 Å².